The second kappa shape index (κ2) is 5.51. The topological polar surface area (TPSA) is 43.2 Å². The zero-order valence-electron chi connectivity index (χ0n) is 12.9. The highest BCUT2D eigenvalue weighted by Crippen LogP contribution is 2.29. The highest BCUT2D eigenvalue weighted by Gasteiger charge is 2.40. The van der Waals surface area contributed by atoms with Crippen LogP contribution in [0.4, 0.5) is 0 Å². The van der Waals surface area contributed by atoms with E-state index in [1.165, 1.54) is 5.56 Å². The fourth-order valence-electron chi connectivity index (χ4n) is 2.66. The van der Waals surface area contributed by atoms with E-state index in [1.807, 2.05) is 6.07 Å². The molecule has 0 N–H and O–H groups in total. The molecule has 4 nitrogen and oxygen atoms in total. The largest absolute Gasteiger partial charge is 0.478 e. The van der Waals surface area contributed by atoms with Crippen molar-refractivity contribution < 1.29 is 9.47 Å². The molecular formula is C17H22N2O2. The molecule has 0 amide bonds. The molecule has 1 aromatic rings. The van der Waals surface area contributed by atoms with Crippen molar-refractivity contribution in [2.24, 2.45) is 15.4 Å². The summed E-state index contributed by atoms with van der Waals surface area (Å²) in [4.78, 5) is 9.31. The Kier molecular flexibility index (Phi) is 3.70. The second-order valence-electron chi connectivity index (χ2n) is 6.31. The molecule has 2 heterocycles. The number of ether oxygens (including phenoxy) is 2. The van der Waals surface area contributed by atoms with Gasteiger partial charge in [0.1, 0.15) is 18.6 Å². The maximum atomic E-state index is 5.84. The lowest BCUT2D eigenvalue weighted by Gasteiger charge is -2.22. The Morgan fingerprint density at radius 3 is 2.38 bits per heavy atom. The summed E-state index contributed by atoms with van der Waals surface area (Å²) >= 11 is 0. The average molecular weight is 286 g/mol. The summed E-state index contributed by atoms with van der Waals surface area (Å²) < 4.78 is 11.5. The highest BCUT2D eigenvalue weighted by molar-refractivity contribution is 6.05. The predicted octanol–water partition coefficient (Wildman–Crippen LogP) is 2.87. The normalized spacial score (nSPS) is 25.1. The van der Waals surface area contributed by atoms with Crippen LogP contribution in [0, 0.1) is 5.41 Å². The fourth-order valence-corrected chi connectivity index (χ4v) is 2.66. The Morgan fingerprint density at radius 1 is 1.05 bits per heavy atom. The second-order valence-corrected chi connectivity index (χ2v) is 6.31. The van der Waals surface area contributed by atoms with Crippen molar-refractivity contribution in [1.82, 2.24) is 0 Å². The van der Waals surface area contributed by atoms with Crippen molar-refractivity contribution >= 4 is 11.8 Å². The molecule has 0 aliphatic carbocycles. The maximum absolute atomic E-state index is 5.84. The summed E-state index contributed by atoms with van der Waals surface area (Å²) in [5, 5.41) is 0. The van der Waals surface area contributed by atoms with Gasteiger partial charge in [0, 0.05) is 0 Å². The quantitative estimate of drug-likeness (QED) is 0.854. The van der Waals surface area contributed by atoms with Crippen LogP contribution in [-0.2, 0) is 15.9 Å². The van der Waals surface area contributed by atoms with Gasteiger partial charge in [-0.25, -0.2) is 9.98 Å². The van der Waals surface area contributed by atoms with Gasteiger partial charge in [-0.05, 0) is 32.8 Å². The van der Waals surface area contributed by atoms with Gasteiger partial charge < -0.3 is 9.47 Å². The van der Waals surface area contributed by atoms with Crippen LogP contribution in [0.15, 0.2) is 40.3 Å². The Morgan fingerprint density at radius 2 is 1.71 bits per heavy atom. The SMILES string of the molecule is C[C@H]1COC(C(C)(C)C2=N[C@@H](Cc3ccccc3)CO2)=N1. The molecule has 0 bridgehead atoms. The van der Waals surface area contributed by atoms with E-state index in [1.54, 1.807) is 0 Å². The summed E-state index contributed by atoms with van der Waals surface area (Å²) in [5.41, 5.74) is 0.910. The van der Waals surface area contributed by atoms with Crippen molar-refractivity contribution in [2.75, 3.05) is 13.2 Å². The van der Waals surface area contributed by atoms with Gasteiger partial charge in [0.25, 0.3) is 0 Å². The minimum atomic E-state index is -0.379. The van der Waals surface area contributed by atoms with Gasteiger partial charge in [-0.3, -0.25) is 0 Å². The molecule has 21 heavy (non-hydrogen) atoms. The van der Waals surface area contributed by atoms with Crippen molar-refractivity contribution in [1.29, 1.82) is 0 Å². The van der Waals surface area contributed by atoms with Gasteiger partial charge in [0.05, 0.1) is 12.1 Å². The Balaban J connectivity index is 1.72. The van der Waals surface area contributed by atoms with Crippen molar-refractivity contribution in [3.05, 3.63) is 35.9 Å². The Labute approximate surface area is 125 Å². The summed E-state index contributed by atoms with van der Waals surface area (Å²) in [7, 11) is 0. The third kappa shape index (κ3) is 2.94. The molecule has 4 heteroatoms. The summed E-state index contributed by atoms with van der Waals surface area (Å²) in [5.74, 6) is 1.49. The van der Waals surface area contributed by atoms with Crippen LogP contribution in [0.5, 0.6) is 0 Å². The average Bonchev–Trinajstić information content (AvgIpc) is 3.10. The first kappa shape index (κ1) is 14.1. The Bertz CT molecular complexity index is 563. The summed E-state index contributed by atoms with van der Waals surface area (Å²) in [6.07, 6.45) is 0.907. The number of hydrogen-bond acceptors (Lipinski definition) is 4. The van der Waals surface area contributed by atoms with E-state index in [4.69, 9.17) is 14.5 Å². The number of hydrogen-bond donors (Lipinski definition) is 0. The first-order valence-electron chi connectivity index (χ1n) is 7.52. The lowest BCUT2D eigenvalue weighted by molar-refractivity contribution is 0.265. The molecule has 3 rings (SSSR count). The lowest BCUT2D eigenvalue weighted by Crippen LogP contribution is -2.34. The summed E-state index contributed by atoms with van der Waals surface area (Å²) in [6.45, 7) is 7.47. The molecule has 2 aliphatic heterocycles. The molecule has 112 valence electrons. The van der Waals surface area contributed by atoms with Crippen LogP contribution in [0.25, 0.3) is 0 Å². The highest BCUT2D eigenvalue weighted by atomic mass is 16.5. The molecule has 0 aromatic heterocycles. The Hall–Kier alpha value is -1.84. The molecule has 2 atom stereocenters. The molecule has 0 saturated heterocycles. The van der Waals surface area contributed by atoms with Gasteiger partial charge in [0.2, 0.25) is 0 Å². The molecule has 0 radical (unpaired) electrons. The van der Waals surface area contributed by atoms with Crippen molar-refractivity contribution in [3.63, 3.8) is 0 Å². The van der Waals surface area contributed by atoms with Crippen LogP contribution in [0.2, 0.25) is 0 Å². The van der Waals surface area contributed by atoms with Crippen LogP contribution in [0.3, 0.4) is 0 Å². The van der Waals surface area contributed by atoms with E-state index in [-0.39, 0.29) is 17.5 Å². The van der Waals surface area contributed by atoms with E-state index in [0.29, 0.717) is 13.2 Å². The van der Waals surface area contributed by atoms with Crippen LogP contribution in [-0.4, -0.2) is 37.1 Å². The molecule has 0 spiro atoms. The van der Waals surface area contributed by atoms with E-state index in [0.717, 1.165) is 18.2 Å². The van der Waals surface area contributed by atoms with E-state index in [9.17, 15) is 0 Å². The minimum absolute atomic E-state index is 0.182. The first-order valence-corrected chi connectivity index (χ1v) is 7.52. The first-order chi connectivity index (χ1) is 10.1. The smallest absolute Gasteiger partial charge is 0.199 e. The maximum Gasteiger partial charge on any atom is 0.199 e. The molecule has 1 aromatic carbocycles. The monoisotopic (exact) mass is 286 g/mol. The predicted molar refractivity (Wildman–Crippen MR) is 84.0 cm³/mol. The zero-order chi connectivity index (χ0) is 14.9. The third-order valence-electron chi connectivity index (χ3n) is 3.89. The third-order valence-corrected chi connectivity index (χ3v) is 3.89. The van der Waals surface area contributed by atoms with Gasteiger partial charge in [0.15, 0.2) is 11.8 Å². The minimum Gasteiger partial charge on any atom is -0.478 e. The molecular weight excluding hydrogens is 264 g/mol. The number of nitrogens with zero attached hydrogens (tertiary/aromatic N) is 2. The van der Waals surface area contributed by atoms with E-state index < -0.39 is 0 Å². The van der Waals surface area contributed by atoms with Gasteiger partial charge in [-0.2, -0.15) is 0 Å². The fraction of sp³-hybridized carbons (Fsp3) is 0.529. The van der Waals surface area contributed by atoms with Crippen LogP contribution in [0.1, 0.15) is 26.3 Å². The summed E-state index contributed by atoms with van der Waals surface area (Å²) in [6, 6.07) is 10.8. The molecule has 2 aliphatic rings. The zero-order valence-corrected chi connectivity index (χ0v) is 12.9. The van der Waals surface area contributed by atoms with E-state index >= 15 is 0 Å². The number of rotatable bonds is 4. The van der Waals surface area contributed by atoms with Crippen LogP contribution < -0.4 is 0 Å². The van der Waals surface area contributed by atoms with Gasteiger partial charge >= 0.3 is 0 Å². The van der Waals surface area contributed by atoms with Gasteiger partial charge in [-0.15, -0.1) is 0 Å². The van der Waals surface area contributed by atoms with Crippen LogP contribution >= 0.6 is 0 Å². The van der Waals surface area contributed by atoms with Crippen molar-refractivity contribution in [2.45, 2.75) is 39.3 Å². The molecule has 0 fully saturated rings. The lowest BCUT2D eigenvalue weighted by atomic mass is 9.93. The molecule has 0 saturated carbocycles. The van der Waals surface area contributed by atoms with Crippen molar-refractivity contribution in [3.8, 4) is 0 Å². The molecule has 0 unspecified atom stereocenters. The standard InChI is InChI=1S/C17H22N2O2/c1-12-10-20-15(18-12)17(2,3)16-19-14(11-21-16)9-13-7-5-4-6-8-13/h4-8,12,14H,9-11H2,1-3H3/t12-,14-/m0/s1. The van der Waals surface area contributed by atoms with E-state index in [2.05, 4.69) is 50.0 Å². The van der Waals surface area contributed by atoms with Gasteiger partial charge in [-0.1, -0.05) is 30.3 Å². The number of benzene rings is 1. The number of aliphatic imine (C=N–C) groups is 2.